The molecular weight excluding hydrogens is 310 g/mol. The van der Waals surface area contributed by atoms with Gasteiger partial charge >= 0.3 is 0 Å². The number of Topliss-reactive ketones (excluding diaryl/α,β-unsaturated/α-hetero) is 1. The van der Waals surface area contributed by atoms with Crippen LogP contribution in [0, 0.1) is 0 Å². The topological polar surface area (TPSA) is 57.6 Å². The number of hydrogen-bond acceptors (Lipinski definition) is 3. The van der Waals surface area contributed by atoms with Crippen LogP contribution in [-0.4, -0.2) is 34.8 Å². The van der Waals surface area contributed by atoms with E-state index in [-0.39, 0.29) is 23.5 Å². The van der Waals surface area contributed by atoms with E-state index in [1.165, 1.54) is 6.07 Å². The number of nitrogens with zero attached hydrogens (tertiary/aromatic N) is 1. The molecule has 1 aliphatic carbocycles. The Labute approximate surface area is 120 Å². The van der Waals surface area contributed by atoms with Crippen molar-refractivity contribution in [1.29, 1.82) is 0 Å². The Morgan fingerprint density at radius 3 is 2.58 bits per heavy atom. The number of benzene rings is 1. The van der Waals surface area contributed by atoms with E-state index < -0.39 is 0 Å². The van der Waals surface area contributed by atoms with Crippen molar-refractivity contribution in [2.45, 2.75) is 31.7 Å². The fraction of sp³-hybridized carbons (Fsp3) is 0.429. The Morgan fingerprint density at radius 2 is 2.00 bits per heavy atom. The Morgan fingerprint density at radius 1 is 1.37 bits per heavy atom. The predicted molar refractivity (Wildman–Crippen MR) is 75.2 cm³/mol. The number of hydrogen-bond donors (Lipinski definition) is 1. The van der Waals surface area contributed by atoms with Gasteiger partial charge in [0, 0.05) is 30.4 Å². The maximum absolute atomic E-state index is 12.3. The molecule has 0 heterocycles. The number of amides is 1. The Kier molecular flexibility index (Phi) is 4.24. The van der Waals surface area contributed by atoms with Crippen molar-refractivity contribution in [2.24, 2.45) is 0 Å². The van der Waals surface area contributed by atoms with Gasteiger partial charge in [0.2, 0.25) is 0 Å². The Hall–Kier alpha value is -1.36. The molecule has 0 saturated heterocycles. The number of phenolic OH excluding ortho intramolecular Hbond substituents is 1. The molecule has 19 heavy (non-hydrogen) atoms. The average molecular weight is 326 g/mol. The molecule has 0 aromatic heterocycles. The van der Waals surface area contributed by atoms with E-state index in [1.807, 2.05) is 0 Å². The van der Waals surface area contributed by atoms with Crippen molar-refractivity contribution < 1.29 is 14.7 Å². The van der Waals surface area contributed by atoms with Gasteiger partial charge in [-0.05, 0) is 31.0 Å². The maximum atomic E-state index is 12.3. The van der Waals surface area contributed by atoms with E-state index in [1.54, 1.807) is 24.1 Å². The molecule has 2 rings (SSSR count). The van der Waals surface area contributed by atoms with Crippen molar-refractivity contribution in [3.8, 4) is 5.75 Å². The summed E-state index contributed by atoms with van der Waals surface area (Å²) in [7, 11) is 1.73. The summed E-state index contributed by atoms with van der Waals surface area (Å²) in [5, 5.41) is 9.82. The lowest BCUT2D eigenvalue weighted by atomic mass is 9.93. The molecule has 0 bridgehead atoms. The van der Waals surface area contributed by atoms with Crippen molar-refractivity contribution in [2.75, 3.05) is 7.05 Å². The van der Waals surface area contributed by atoms with Gasteiger partial charge in [0.25, 0.3) is 5.91 Å². The summed E-state index contributed by atoms with van der Waals surface area (Å²) in [6, 6.07) is 4.91. The van der Waals surface area contributed by atoms with Gasteiger partial charge in [-0.3, -0.25) is 9.59 Å². The standard InChI is InChI=1S/C14H16BrNO3/c1-16(10-3-5-11(17)6-4-10)14(19)12-7-2-9(15)8-13(12)18/h2,7-8,10,18H,3-6H2,1H3. The third kappa shape index (κ3) is 3.15. The molecule has 1 fully saturated rings. The zero-order chi connectivity index (χ0) is 14.0. The number of rotatable bonds is 2. The highest BCUT2D eigenvalue weighted by molar-refractivity contribution is 9.10. The summed E-state index contributed by atoms with van der Waals surface area (Å²) in [5.41, 5.74) is 0.294. The number of ketones is 1. The molecular formula is C14H16BrNO3. The first-order chi connectivity index (χ1) is 8.99. The van der Waals surface area contributed by atoms with Crippen LogP contribution in [0.2, 0.25) is 0 Å². The normalized spacial score (nSPS) is 16.4. The highest BCUT2D eigenvalue weighted by atomic mass is 79.9. The van der Waals surface area contributed by atoms with Gasteiger partial charge in [-0.25, -0.2) is 0 Å². The lowest BCUT2D eigenvalue weighted by Crippen LogP contribution is -2.39. The van der Waals surface area contributed by atoms with Crippen LogP contribution in [0.25, 0.3) is 0 Å². The molecule has 102 valence electrons. The first kappa shape index (κ1) is 14.1. The minimum atomic E-state index is -0.204. The van der Waals surface area contributed by atoms with Crippen molar-refractivity contribution in [1.82, 2.24) is 4.90 Å². The van der Waals surface area contributed by atoms with E-state index in [2.05, 4.69) is 15.9 Å². The molecule has 0 atom stereocenters. The van der Waals surface area contributed by atoms with E-state index >= 15 is 0 Å². The molecule has 0 spiro atoms. The second-order valence-electron chi connectivity index (χ2n) is 4.85. The van der Waals surface area contributed by atoms with Crippen molar-refractivity contribution in [3.05, 3.63) is 28.2 Å². The first-order valence-corrected chi connectivity index (χ1v) is 7.05. The summed E-state index contributed by atoms with van der Waals surface area (Å²) in [4.78, 5) is 25.2. The largest absolute Gasteiger partial charge is 0.507 e. The summed E-state index contributed by atoms with van der Waals surface area (Å²) < 4.78 is 0.729. The van der Waals surface area contributed by atoms with Crippen molar-refractivity contribution in [3.63, 3.8) is 0 Å². The van der Waals surface area contributed by atoms with Crippen LogP contribution in [0.5, 0.6) is 5.75 Å². The second-order valence-corrected chi connectivity index (χ2v) is 5.76. The minimum absolute atomic E-state index is 0.0295. The summed E-state index contributed by atoms with van der Waals surface area (Å²) >= 11 is 3.24. The molecule has 0 unspecified atom stereocenters. The highest BCUT2D eigenvalue weighted by Crippen LogP contribution is 2.26. The third-order valence-electron chi connectivity index (χ3n) is 3.57. The number of carbonyl (C=O) groups is 2. The number of phenols is 1. The number of halogens is 1. The predicted octanol–water partition coefficient (Wildman–Crippen LogP) is 2.74. The SMILES string of the molecule is CN(C(=O)c1ccc(Br)cc1O)C1CCC(=O)CC1. The summed E-state index contributed by atoms with van der Waals surface area (Å²) in [5.74, 6) is 0.0334. The molecule has 1 N–H and O–H groups in total. The van der Waals surface area contributed by atoms with Crippen LogP contribution >= 0.6 is 15.9 Å². The van der Waals surface area contributed by atoms with E-state index in [0.717, 1.165) is 4.47 Å². The van der Waals surface area contributed by atoms with Gasteiger partial charge in [-0.2, -0.15) is 0 Å². The highest BCUT2D eigenvalue weighted by Gasteiger charge is 2.26. The summed E-state index contributed by atoms with van der Waals surface area (Å²) in [6.07, 6.45) is 2.49. The molecule has 0 aliphatic heterocycles. The van der Waals surface area contributed by atoms with Crippen LogP contribution in [0.4, 0.5) is 0 Å². The zero-order valence-corrected chi connectivity index (χ0v) is 12.3. The number of aromatic hydroxyl groups is 1. The smallest absolute Gasteiger partial charge is 0.257 e. The molecule has 0 radical (unpaired) electrons. The Balaban J connectivity index is 2.12. The molecule has 1 amide bonds. The summed E-state index contributed by atoms with van der Waals surface area (Å²) in [6.45, 7) is 0. The van der Waals surface area contributed by atoms with Crippen LogP contribution < -0.4 is 0 Å². The van der Waals surface area contributed by atoms with E-state index in [4.69, 9.17) is 0 Å². The lowest BCUT2D eigenvalue weighted by molar-refractivity contribution is -0.121. The van der Waals surface area contributed by atoms with Gasteiger partial charge in [0.15, 0.2) is 0 Å². The molecule has 4 nitrogen and oxygen atoms in total. The van der Waals surface area contributed by atoms with Gasteiger partial charge in [-0.15, -0.1) is 0 Å². The van der Waals surface area contributed by atoms with Crippen LogP contribution in [0.15, 0.2) is 22.7 Å². The van der Waals surface area contributed by atoms with Crippen LogP contribution in [0.3, 0.4) is 0 Å². The van der Waals surface area contributed by atoms with Gasteiger partial charge < -0.3 is 10.0 Å². The van der Waals surface area contributed by atoms with Crippen molar-refractivity contribution >= 4 is 27.6 Å². The third-order valence-corrected chi connectivity index (χ3v) is 4.06. The maximum Gasteiger partial charge on any atom is 0.257 e. The molecule has 1 aliphatic rings. The van der Waals surface area contributed by atoms with Crippen LogP contribution in [-0.2, 0) is 4.79 Å². The quantitative estimate of drug-likeness (QED) is 0.909. The van der Waals surface area contributed by atoms with Gasteiger partial charge in [0.05, 0.1) is 5.56 Å². The fourth-order valence-electron chi connectivity index (χ4n) is 2.35. The molecule has 1 aromatic rings. The lowest BCUT2D eigenvalue weighted by Gasteiger charge is -2.31. The van der Waals surface area contributed by atoms with Gasteiger partial charge in [0.1, 0.15) is 11.5 Å². The monoisotopic (exact) mass is 325 g/mol. The molecule has 1 saturated carbocycles. The molecule has 5 heteroatoms. The fourth-order valence-corrected chi connectivity index (χ4v) is 2.70. The second kappa shape index (κ2) is 5.74. The van der Waals surface area contributed by atoms with Crippen LogP contribution in [0.1, 0.15) is 36.0 Å². The van der Waals surface area contributed by atoms with E-state index in [0.29, 0.717) is 31.2 Å². The van der Waals surface area contributed by atoms with E-state index in [9.17, 15) is 14.7 Å². The first-order valence-electron chi connectivity index (χ1n) is 6.26. The Bertz CT molecular complexity index is 505. The minimum Gasteiger partial charge on any atom is -0.507 e. The molecule has 1 aromatic carbocycles. The average Bonchev–Trinajstić information content (AvgIpc) is 2.38. The zero-order valence-electron chi connectivity index (χ0n) is 10.7. The van der Waals surface area contributed by atoms with Gasteiger partial charge in [-0.1, -0.05) is 15.9 Å². The number of carbonyl (C=O) groups excluding carboxylic acids is 2.